The first-order valence-corrected chi connectivity index (χ1v) is 6.01. The van der Waals surface area contributed by atoms with Gasteiger partial charge in [-0.3, -0.25) is 0 Å². The number of carbonyl (C=O) groups is 1. The van der Waals surface area contributed by atoms with Crippen LogP contribution in [0.3, 0.4) is 0 Å². The topological polar surface area (TPSA) is 67.9 Å². The number of amides is 2. The van der Waals surface area contributed by atoms with E-state index >= 15 is 0 Å². The van der Waals surface area contributed by atoms with E-state index in [2.05, 4.69) is 4.99 Å². The molecule has 19 heavy (non-hydrogen) atoms. The Labute approximate surface area is 114 Å². The lowest BCUT2D eigenvalue weighted by Gasteiger charge is -2.24. The van der Waals surface area contributed by atoms with Crippen molar-refractivity contribution in [3.8, 4) is 0 Å². The molecule has 0 saturated carbocycles. The van der Waals surface area contributed by atoms with Crippen molar-refractivity contribution in [3.63, 3.8) is 0 Å². The predicted octanol–water partition coefficient (Wildman–Crippen LogP) is 1.96. The quantitative estimate of drug-likeness (QED) is 0.919. The molecule has 1 aromatic carbocycles. The summed E-state index contributed by atoms with van der Waals surface area (Å²) in [5.74, 6) is -0.535. The van der Waals surface area contributed by atoms with Gasteiger partial charge in [-0.2, -0.15) is 4.99 Å². The number of ether oxygens (including phenoxy) is 1. The van der Waals surface area contributed by atoms with Crippen molar-refractivity contribution in [2.45, 2.75) is 6.04 Å². The summed E-state index contributed by atoms with van der Waals surface area (Å²) in [6.07, 6.45) is 0. The van der Waals surface area contributed by atoms with Crippen molar-refractivity contribution < 1.29 is 13.9 Å². The summed E-state index contributed by atoms with van der Waals surface area (Å²) in [7, 11) is 1.51. The molecule has 2 rings (SSSR count). The van der Waals surface area contributed by atoms with E-state index in [0.29, 0.717) is 6.61 Å². The second-order valence-corrected chi connectivity index (χ2v) is 4.46. The van der Waals surface area contributed by atoms with Crippen LogP contribution >= 0.6 is 11.6 Å². The predicted molar refractivity (Wildman–Crippen MR) is 69.8 cm³/mol. The summed E-state index contributed by atoms with van der Waals surface area (Å²) in [5, 5.41) is -0.0173. The fourth-order valence-corrected chi connectivity index (χ4v) is 2.16. The third-order valence-corrected chi connectivity index (χ3v) is 3.17. The molecule has 1 aromatic rings. The second-order valence-electron chi connectivity index (χ2n) is 4.05. The minimum Gasteiger partial charge on any atom is -0.385 e. The van der Waals surface area contributed by atoms with Gasteiger partial charge in [0.2, 0.25) is 0 Å². The molecule has 1 atom stereocenters. The first-order valence-electron chi connectivity index (χ1n) is 5.63. The summed E-state index contributed by atoms with van der Waals surface area (Å²) in [6, 6.07) is 3.34. The average molecular weight is 286 g/mol. The summed E-state index contributed by atoms with van der Waals surface area (Å²) in [6.45, 7) is 0.587. The molecule has 1 unspecified atom stereocenters. The Morgan fingerprint density at radius 2 is 2.32 bits per heavy atom. The van der Waals surface area contributed by atoms with Gasteiger partial charge < -0.3 is 15.4 Å². The smallest absolute Gasteiger partial charge is 0.346 e. The fraction of sp³-hybridized carbons (Fsp3) is 0.333. The molecule has 7 heteroatoms. The SMILES string of the molecule is COCCN1C(=O)N=C(N)C1c1cccc(Cl)c1F. The van der Waals surface area contributed by atoms with Crippen molar-refractivity contribution in [2.75, 3.05) is 20.3 Å². The van der Waals surface area contributed by atoms with Crippen molar-refractivity contribution in [1.82, 2.24) is 4.90 Å². The lowest BCUT2D eigenvalue weighted by atomic mass is 10.0. The summed E-state index contributed by atoms with van der Waals surface area (Å²) in [4.78, 5) is 16.7. The number of nitrogens with two attached hydrogens (primary N) is 1. The minimum absolute atomic E-state index is 0.0173. The molecule has 0 aliphatic carbocycles. The van der Waals surface area contributed by atoms with Crippen LogP contribution in [-0.4, -0.2) is 37.0 Å². The van der Waals surface area contributed by atoms with E-state index in [-0.39, 0.29) is 23.0 Å². The van der Waals surface area contributed by atoms with Crippen LogP contribution in [0.15, 0.2) is 23.2 Å². The van der Waals surface area contributed by atoms with Gasteiger partial charge in [0.1, 0.15) is 17.7 Å². The highest BCUT2D eigenvalue weighted by Crippen LogP contribution is 2.31. The number of benzene rings is 1. The van der Waals surface area contributed by atoms with Gasteiger partial charge in [-0.05, 0) is 6.07 Å². The van der Waals surface area contributed by atoms with Crippen molar-refractivity contribution in [2.24, 2.45) is 10.7 Å². The van der Waals surface area contributed by atoms with Gasteiger partial charge in [-0.15, -0.1) is 0 Å². The molecule has 1 aliphatic heterocycles. The lowest BCUT2D eigenvalue weighted by Crippen LogP contribution is -2.36. The lowest BCUT2D eigenvalue weighted by molar-refractivity contribution is 0.150. The molecular formula is C12H13ClFN3O2. The number of rotatable bonds is 4. The molecule has 1 heterocycles. The van der Waals surface area contributed by atoms with E-state index < -0.39 is 17.9 Å². The normalized spacial score (nSPS) is 18.9. The fourth-order valence-electron chi connectivity index (χ4n) is 1.98. The molecule has 0 saturated heterocycles. The highest BCUT2D eigenvalue weighted by Gasteiger charge is 2.36. The molecular weight excluding hydrogens is 273 g/mol. The Balaban J connectivity index is 2.37. The maximum atomic E-state index is 14.0. The van der Waals surface area contributed by atoms with E-state index in [1.54, 1.807) is 6.07 Å². The molecule has 0 radical (unpaired) electrons. The maximum Gasteiger partial charge on any atom is 0.346 e. The maximum absolute atomic E-state index is 14.0. The molecule has 0 bridgehead atoms. The van der Waals surface area contributed by atoms with Crippen LogP contribution in [0.25, 0.3) is 0 Å². The number of methoxy groups -OCH3 is 1. The summed E-state index contributed by atoms with van der Waals surface area (Å²) in [5.41, 5.74) is 5.95. The number of amidine groups is 1. The monoisotopic (exact) mass is 285 g/mol. The minimum atomic E-state index is -0.735. The number of urea groups is 1. The first-order chi connectivity index (χ1) is 9.06. The third kappa shape index (κ3) is 2.54. The number of halogens is 2. The van der Waals surface area contributed by atoms with E-state index in [0.717, 1.165) is 0 Å². The molecule has 102 valence electrons. The molecule has 1 aliphatic rings. The van der Waals surface area contributed by atoms with E-state index in [4.69, 9.17) is 22.1 Å². The van der Waals surface area contributed by atoms with Gasteiger partial charge >= 0.3 is 6.03 Å². The van der Waals surface area contributed by atoms with Gasteiger partial charge in [0, 0.05) is 19.2 Å². The largest absolute Gasteiger partial charge is 0.385 e. The Hall–Kier alpha value is -1.66. The van der Waals surface area contributed by atoms with Gasteiger partial charge in [0.25, 0.3) is 0 Å². The highest BCUT2D eigenvalue weighted by atomic mass is 35.5. The molecule has 0 spiro atoms. The zero-order valence-electron chi connectivity index (χ0n) is 10.3. The third-order valence-electron chi connectivity index (χ3n) is 2.87. The zero-order valence-corrected chi connectivity index (χ0v) is 11.0. The van der Waals surface area contributed by atoms with Gasteiger partial charge in [0.15, 0.2) is 0 Å². The van der Waals surface area contributed by atoms with Crippen LogP contribution in [0, 0.1) is 5.82 Å². The van der Waals surface area contributed by atoms with E-state index in [9.17, 15) is 9.18 Å². The molecule has 0 aromatic heterocycles. The van der Waals surface area contributed by atoms with Crippen LogP contribution in [0.4, 0.5) is 9.18 Å². The zero-order chi connectivity index (χ0) is 14.0. The number of hydrogen-bond donors (Lipinski definition) is 1. The average Bonchev–Trinajstić information content (AvgIpc) is 2.65. The van der Waals surface area contributed by atoms with Crippen LogP contribution in [-0.2, 0) is 4.74 Å². The summed E-state index contributed by atoms with van der Waals surface area (Å²) >= 11 is 5.74. The van der Waals surface area contributed by atoms with Crippen LogP contribution in [0.2, 0.25) is 5.02 Å². The number of carbonyl (C=O) groups excluding carboxylic acids is 1. The molecule has 2 amide bonds. The number of nitrogens with zero attached hydrogens (tertiary/aromatic N) is 2. The van der Waals surface area contributed by atoms with Gasteiger partial charge in [0.05, 0.1) is 11.6 Å². The number of hydrogen-bond acceptors (Lipinski definition) is 3. The Kier molecular flexibility index (Phi) is 4.01. The Morgan fingerprint density at radius 3 is 3.00 bits per heavy atom. The van der Waals surface area contributed by atoms with Crippen molar-refractivity contribution in [1.29, 1.82) is 0 Å². The van der Waals surface area contributed by atoms with Crippen molar-refractivity contribution >= 4 is 23.5 Å². The second kappa shape index (κ2) is 5.54. The molecule has 0 fully saturated rings. The van der Waals surface area contributed by atoms with E-state index in [1.807, 2.05) is 0 Å². The Bertz CT molecular complexity index is 536. The highest BCUT2D eigenvalue weighted by molar-refractivity contribution is 6.30. The van der Waals surface area contributed by atoms with Gasteiger partial charge in [-0.25, -0.2) is 9.18 Å². The Morgan fingerprint density at radius 1 is 1.58 bits per heavy atom. The number of aliphatic imine (C=N–C) groups is 1. The van der Waals surface area contributed by atoms with Crippen LogP contribution < -0.4 is 5.73 Å². The first kappa shape index (κ1) is 13.8. The van der Waals surface area contributed by atoms with Crippen molar-refractivity contribution in [3.05, 3.63) is 34.6 Å². The van der Waals surface area contributed by atoms with Crippen LogP contribution in [0.5, 0.6) is 0 Å². The van der Waals surface area contributed by atoms with E-state index in [1.165, 1.54) is 24.1 Å². The van der Waals surface area contributed by atoms with Gasteiger partial charge in [-0.1, -0.05) is 23.7 Å². The summed E-state index contributed by atoms with van der Waals surface area (Å²) < 4.78 is 19.0. The molecule has 5 nitrogen and oxygen atoms in total. The van der Waals surface area contributed by atoms with Crippen LogP contribution in [0.1, 0.15) is 11.6 Å². The standard InChI is InChI=1S/C12H13ClFN3O2/c1-19-6-5-17-10(11(15)16-12(17)18)7-3-2-4-8(13)9(7)14/h2-4,10H,5-6H2,1H3,(H2,15,16,18). The molecule has 2 N–H and O–H groups in total.